The molecule has 174 valence electrons. The van der Waals surface area contributed by atoms with Crippen LogP contribution in [0.15, 0.2) is 55.0 Å². The first-order valence-electron chi connectivity index (χ1n) is 11.5. The van der Waals surface area contributed by atoms with Gasteiger partial charge in [0.1, 0.15) is 28.9 Å². The maximum atomic E-state index is 14.6. The summed E-state index contributed by atoms with van der Waals surface area (Å²) >= 11 is 0. The highest BCUT2D eigenvalue weighted by Crippen LogP contribution is 2.34. The van der Waals surface area contributed by atoms with Crippen molar-refractivity contribution < 1.29 is 4.39 Å². The number of imidazole rings is 1. The lowest BCUT2D eigenvalue weighted by Gasteiger charge is -2.32. The van der Waals surface area contributed by atoms with Crippen LogP contribution in [-0.2, 0) is 7.05 Å². The van der Waals surface area contributed by atoms with E-state index in [1.165, 1.54) is 12.1 Å². The van der Waals surface area contributed by atoms with Crippen molar-refractivity contribution in [2.75, 3.05) is 18.0 Å². The lowest BCUT2D eigenvalue weighted by atomic mass is 10.1. The van der Waals surface area contributed by atoms with Crippen molar-refractivity contribution in [1.82, 2.24) is 24.1 Å². The lowest BCUT2D eigenvalue weighted by molar-refractivity contribution is 0.507. The molecule has 1 aliphatic heterocycles. The SMILES string of the molecule is Cn1ccc2cc(-n3c(-c4ccc(C#N)c(F)c4)nc4c(N5CCCC(N)C5)ccnc43)cnc21. The first kappa shape index (κ1) is 21.3. The average Bonchev–Trinajstić information content (AvgIpc) is 3.44. The predicted octanol–water partition coefficient (Wildman–Crippen LogP) is 3.91. The Bertz CT molecular complexity index is 1630. The molecule has 1 saturated heterocycles. The van der Waals surface area contributed by atoms with Crippen LogP contribution in [0.25, 0.3) is 39.3 Å². The highest BCUT2D eigenvalue weighted by molar-refractivity contribution is 5.91. The van der Waals surface area contributed by atoms with Gasteiger partial charge < -0.3 is 15.2 Å². The maximum absolute atomic E-state index is 14.6. The minimum Gasteiger partial charge on any atom is -0.368 e. The molecule has 1 unspecified atom stereocenters. The van der Waals surface area contributed by atoms with Crippen molar-refractivity contribution in [2.45, 2.75) is 18.9 Å². The molecule has 0 spiro atoms. The van der Waals surface area contributed by atoms with Crippen LogP contribution in [0.2, 0.25) is 0 Å². The molecule has 8 nitrogen and oxygen atoms in total. The Balaban J connectivity index is 1.61. The van der Waals surface area contributed by atoms with E-state index in [9.17, 15) is 9.65 Å². The second kappa shape index (κ2) is 8.18. The summed E-state index contributed by atoms with van der Waals surface area (Å²) in [6.45, 7) is 1.63. The highest BCUT2D eigenvalue weighted by atomic mass is 19.1. The largest absolute Gasteiger partial charge is 0.368 e. The Morgan fingerprint density at radius 2 is 2.03 bits per heavy atom. The quantitative estimate of drug-likeness (QED) is 0.433. The van der Waals surface area contributed by atoms with E-state index in [0.717, 1.165) is 53.9 Å². The van der Waals surface area contributed by atoms with Crippen molar-refractivity contribution in [3.05, 3.63) is 66.4 Å². The zero-order valence-electron chi connectivity index (χ0n) is 19.2. The summed E-state index contributed by atoms with van der Waals surface area (Å²) in [5.74, 6) is -0.0582. The number of anilines is 1. The molecule has 0 radical (unpaired) electrons. The zero-order valence-corrected chi connectivity index (χ0v) is 19.2. The van der Waals surface area contributed by atoms with Gasteiger partial charge in [-0.25, -0.2) is 19.3 Å². The number of nitriles is 1. The fourth-order valence-electron chi connectivity index (χ4n) is 4.89. The van der Waals surface area contributed by atoms with Gasteiger partial charge in [-0.15, -0.1) is 0 Å². The number of halogens is 1. The summed E-state index contributed by atoms with van der Waals surface area (Å²) < 4.78 is 18.5. The van der Waals surface area contributed by atoms with Gasteiger partial charge in [0, 0.05) is 49.5 Å². The van der Waals surface area contributed by atoms with E-state index >= 15 is 0 Å². The van der Waals surface area contributed by atoms with E-state index in [4.69, 9.17) is 10.7 Å². The second-order valence-electron chi connectivity index (χ2n) is 8.96. The minimum absolute atomic E-state index is 0.00935. The Kier molecular flexibility index (Phi) is 4.97. The smallest absolute Gasteiger partial charge is 0.167 e. The van der Waals surface area contributed by atoms with Gasteiger partial charge in [-0.05, 0) is 49.2 Å². The molecule has 1 atom stereocenters. The van der Waals surface area contributed by atoms with Crippen LogP contribution in [0.5, 0.6) is 0 Å². The van der Waals surface area contributed by atoms with Gasteiger partial charge in [-0.2, -0.15) is 5.26 Å². The van der Waals surface area contributed by atoms with Crippen molar-refractivity contribution in [1.29, 1.82) is 5.26 Å². The number of hydrogen-bond acceptors (Lipinski definition) is 6. The number of aryl methyl sites for hydroxylation is 1. The normalized spacial score (nSPS) is 16.2. The predicted molar refractivity (Wildman–Crippen MR) is 133 cm³/mol. The van der Waals surface area contributed by atoms with E-state index < -0.39 is 5.82 Å². The van der Waals surface area contributed by atoms with E-state index in [-0.39, 0.29) is 11.6 Å². The molecule has 35 heavy (non-hydrogen) atoms. The zero-order chi connectivity index (χ0) is 24.1. The van der Waals surface area contributed by atoms with Crippen LogP contribution >= 0.6 is 0 Å². The fraction of sp³-hybridized carbons (Fsp3) is 0.231. The summed E-state index contributed by atoms with van der Waals surface area (Å²) in [6, 6.07) is 12.5. The number of fused-ring (bicyclic) bond motifs is 2. The maximum Gasteiger partial charge on any atom is 0.167 e. The molecule has 1 fully saturated rings. The fourth-order valence-corrected chi connectivity index (χ4v) is 4.89. The van der Waals surface area contributed by atoms with E-state index in [1.807, 2.05) is 46.6 Å². The first-order valence-corrected chi connectivity index (χ1v) is 11.5. The number of pyridine rings is 2. The monoisotopic (exact) mass is 466 g/mol. The Labute approximate surface area is 201 Å². The average molecular weight is 467 g/mol. The standard InChI is InChI=1S/C26H23FN8/c1-33-10-7-17-11-20(14-31-24(17)33)35-25(16-4-5-18(13-28)21(27)12-16)32-23-22(6-8-30-26(23)35)34-9-2-3-19(29)15-34/h4-8,10-12,14,19H,2-3,9,15,29H2,1H3. The van der Waals surface area contributed by atoms with Gasteiger partial charge >= 0.3 is 0 Å². The summed E-state index contributed by atoms with van der Waals surface area (Å²) in [5.41, 5.74) is 10.8. The number of nitrogens with two attached hydrogens (primary N) is 1. The van der Waals surface area contributed by atoms with Crippen molar-refractivity contribution in [3.8, 4) is 23.1 Å². The summed E-state index contributed by atoms with van der Waals surface area (Å²) in [7, 11) is 1.95. The summed E-state index contributed by atoms with van der Waals surface area (Å²) in [4.78, 5) is 16.6. The molecule has 4 aromatic heterocycles. The molecule has 5 aromatic rings. The van der Waals surface area contributed by atoms with Crippen LogP contribution in [0.3, 0.4) is 0 Å². The number of rotatable bonds is 3. The van der Waals surface area contributed by atoms with Crippen LogP contribution in [0.4, 0.5) is 10.1 Å². The van der Waals surface area contributed by atoms with Crippen LogP contribution in [-0.4, -0.2) is 43.2 Å². The van der Waals surface area contributed by atoms with E-state index in [1.54, 1.807) is 18.5 Å². The van der Waals surface area contributed by atoms with Gasteiger partial charge in [0.05, 0.1) is 23.1 Å². The number of hydrogen-bond donors (Lipinski definition) is 1. The summed E-state index contributed by atoms with van der Waals surface area (Å²) in [6.07, 6.45) is 7.51. The van der Waals surface area contributed by atoms with Crippen LogP contribution < -0.4 is 10.6 Å². The molecular formula is C26H23FN8. The Hall–Kier alpha value is -4.29. The van der Waals surface area contributed by atoms with Gasteiger partial charge in [-0.3, -0.25) is 4.57 Å². The first-order chi connectivity index (χ1) is 17.0. The van der Waals surface area contributed by atoms with Crippen molar-refractivity contribution in [3.63, 3.8) is 0 Å². The Morgan fingerprint density at radius 3 is 2.83 bits per heavy atom. The third-order valence-corrected chi connectivity index (χ3v) is 6.62. The number of benzene rings is 1. The Morgan fingerprint density at radius 1 is 1.14 bits per heavy atom. The molecular weight excluding hydrogens is 443 g/mol. The van der Waals surface area contributed by atoms with Crippen molar-refractivity contribution >= 4 is 27.9 Å². The van der Waals surface area contributed by atoms with Crippen LogP contribution in [0, 0.1) is 17.1 Å². The van der Waals surface area contributed by atoms with Gasteiger partial charge in [0.2, 0.25) is 0 Å². The topological polar surface area (TPSA) is 102 Å². The third kappa shape index (κ3) is 3.50. The third-order valence-electron chi connectivity index (χ3n) is 6.62. The van der Waals surface area contributed by atoms with Gasteiger partial charge in [0.15, 0.2) is 5.65 Å². The molecule has 0 amide bonds. The molecule has 0 bridgehead atoms. The molecule has 6 rings (SSSR count). The molecule has 9 heteroatoms. The van der Waals surface area contributed by atoms with Crippen molar-refractivity contribution in [2.24, 2.45) is 12.8 Å². The second-order valence-corrected chi connectivity index (χ2v) is 8.96. The highest BCUT2D eigenvalue weighted by Gasteiger charge is 2.24. The lowest BCUT2D eigenvalue weighted by Crippen LogP contribution is -2.42. The molecule has 1 aromatic carbocycles. The number of piperidine rings is 1. The minimum atomic E-state index is -0.588. The molecule has 5 heterocycles. The number of aromatic nitrogens is 5. The van der Waals surface area contributed by atoms with E-state index in [2.05, 4.69) is 14.9 Å². The molecule has 0 aliphatic carbocycles. The summed E-state index contributed by atoms with van der Waals surface area (Å²) in [5, 5.41) is 10.2. The number of nitrogens with zero attached hydrogens (tertiary/aromatic N) is 7. The molecule has 1 aliphatic rings. The molecule has 2 N–H and O–H groups in total. The van der Waals surface area contributed by atoms with Gasteiger partial charge in [0.25, 0.3) is 0 Å². The molecule has 0 saturated carbocycles. The van der Waals surface area contributed by atoms with E-state index in [0.29, 0.717) is 17.0 Å². The van der Waals surface area contributed by atoms with Crippen LogP contribution in [0.1, 0.15) is 18.4 Å². The van der Waals surface area contributed by atoms with Gasteiger partial charge in [-0.1, -0.05) is 0 Å².